The first-order chi connectivity index (χ1) is 6.83. The molecule has 0 atom stereocenters. The number of rotatable bonds is 3. The van der Waals surface area contributed by atoms with Crippen molar-refractivity contribution in [1.82, 2.24) is 10.1 Å². The van der Waals surface area contributed by atoms with Gasteiger partial charge in [0.1, 0.15) is 0 Å². The lowest BCUT2D eigenvalue weighted by Gasteiger charge is -2.21. The van der Waals surface area contributed by atoms with E-state index in [1.807, 2.05) is 0 Å². The Kier molecular flexibility index (Phi) is 3.03. The quantitative estimate of drug-likeness (QED) is 0.851. The van der Waals surface area contributed by atoms with Gasteiger partial charge in [-0.25, -0.2) is 0 Å². The summed E-state index contributed by atoms with van der Waals surface area (Å²) in [5, 5.41) is 3.27. The highest BCUT2D eigenvalue weighted by atomic mass is 19.4. The van der Waals surface area contributed by atoms with Crippen LogP contribution in [-0.2, 0) is 11.7 Å². The molecule has 7 heteroatoms. The van der Waals surface area contributed by atoms with Gasteiger partial charge in [-0.2, -0.15) is 18.2 Å². The van der Waals surface area contributed by atoms with E-state index in [1.54, 1.807) is 13.8 Å². The largest absolute Gasteiger partial charge is 0.471 e. The van der Waals surface area contributed by atoms with Crippen molar-refractivity contribution in [2.75, 3.05) is 0 Å². The Hall–Kier alpha value is -1.11. The molecule has 1 heterocycles. The van der Waals surface area contributed by atoms with E-state index in [-0.39, 0.29) is 5.82 Å². The molecule has 0 radical (unpaired) electrons. The molecule has 2 N–H and O–H groups in total. The zero-order chi connectivity index (χ0) is 11.7. The van der Waals surface area contributed by atoms with Gasteiger partial charge in [0.15, 0.2) is 5.82 Å². The third-order valence-electron chi connectivity index (χ3n) is 2.38. The van der Waals surface area contributed by atoms with Gasteiger partial charge in [0, 0.05) is 0 Å². The number of aromatic nitrogens is 2. The maximum atomic E-state index is 12.2. The third kappa shape index (κ3) is 2.28. The van der Waals surface area contributed by atoms with Gasteiger partial charge < -0.3 is 10.3 Å². The van der Waals surface area contributed by atoms with Crippen molar-refractivity contribution in [2.24, 2.45) is 5.73 Å². The molecule has 4 nitrogen and oxygen atoms in total. The van der Waals surface area contributed by atoms with Crippen LogP contribution in [0.25, 0.3) is 0 Å². The molecule has 0 amide bonds. The van der Waals surface area contributed by atoms with Crippen LogP contribution in [0.4, 0.5) is 13.2 Å². The average molecular weight is 223 g/mol. The normalized spacial score (nSPS) is 13.2. The summed E-state index contributed by atoms with van der Waals surface area (Å²) in [5.74, 6) is -1.45. The summed E-state index contributed by atoms with van der Waals surface area (Å²) < 4.78 is 40.6. The second-order valence-electron chi connectivity index (χ2n) is 3.28. The molecular formula is C8H12F3N3O. The molecule has 0 fully saturated rings. The number of hydrogen-bond donors (Lipinski definition) is 1. The molecule has 1 aromatic rings. The second-order valence-corrected chi connectivity index (χ2v) is 3.28. The van der Waals surface area contributed by atoms with E-state index in [1.165, 1.54) is 0 Å². The summed E-state index contributed by atoms with van der Waals surface area (Å²) in [7, 11) is 0. The van der Waals surface area contributed by atoms with Crippen LogP contribution in [0.2, 0.25) is 0 Å². The van der Waals surface area contributed by atoms with Gasteiger partial charge in [-0.1, -0.05) is 19.0 Å². The monoisotopic (exact) mass is 223 g/mol. The summed E-state index contributed by atoms with van der Waals surface area (Å²) in [6.45, 7) is 3.51. The van der Waals surface area contributed by atoms with E-state index in [9.17, 15) is 13.2 Å². The fourth-order valence-corrected chi connectivity index (χ4v) is 1.11. The van der Waals surface area contributed by atoms with Gasteiger partial charge in [-0.3, -0.25) is 0 Å². The van der Waals surface area contributed by atoms with Gasteiger partial charge in [0.25, 0.3) is 0 Å². The number of halogens is 3. The topological polar surface area (TPSA) is 64.9 Å². The van der Waals surface area contributed by atoms with E-state index in [4.69, 9.17) is 5.73 Å². The molecule has 1 rings (SSSR count). The molecule has 0 aromatic carbocycles. The van der Waals surface area contributed by atoms with Crippen molar-refractivity contribution in [2.45, 2.75) is 38.4 Å². The highest BCUT2D eigenvalue weighted by Gasteiger charge is 2.40. The van der Waals surface area contributed by atoms with Crippen LogP contribution in [-0.4, -0.2) is 10.1 Å². The maximum Gasteiger partial charge on any atom is 0.471 e. The van der Waals surface area contributed by atoms with Crippen LogP contribution in [0.1, 0.15) is 38.4 Å². The van der Waals surface area contributed by atoms with Crippen LogP contribution in [0, 0.1) is 0 Å². The highest BCUT2D eigenvalue weighted by molar-refractivity contribution is 5.03. The van der Waals surface area contributed by atoms with Crippen LogP contribution < -0.4 is 5.73 Å². The number of hydrogen-bond acceptors (Lipinski definition) is 4. The Bertz CT molecular complexity index is 330. The van der Waals surface area contributed by atoms with Gasteiger partial charge in [0.2, 0.25) is 0 Å². The summed E-state index contributed by atoms with van der Waals surface area (Å²) in [6, 6.07) is 0. The van der Waals surface area contributed by atoms with Crippen molar-refractivity contribution in [3.63, 3.8) is 0 Å². The minimum atomic E-state index is -4.62. The van der Waals surface area contributed by atoms with Crippen LogP contribution >= 0.6 is 0 Å². The third-order valence-corrected chi connectivity index (χ3v) is 2.38. The smallest absolute Gasteiger partial charge is 0.329 e. The average Bonchev–Trinajstić information content (AvgIpc) is 2.65. The summed E-state index contributed by atoms with van der Waals surface area (Å²) >= 11 is 0. The molecule has 0 saturated heterocycles. The molecular weight excluding hydrogens is 211 g/mol. The Morgan fingerprint density at radius 2 is 1.80 bits per heavy atom. The van der Waals surface area contributed by atoms with Crippen molar-refractivity contribution in [3.05, 3.63) is 11.7 Å². The fraction of sp³-hybridized carbons (Fsp3) is 0.750. The Morgan fingerprint density at radius 1 is 1.27 bits per heavy atom. The van der Waals surface area contributed by atoms with Gasteiger partial charge in [-0.15, -0.1) is 0 Å². The Morgan fingerprint density at radius 3 is 2.13 bits per heavy atom. The second kappa shape index (κ2) is 3.80. The van der Waals surface area contributed by atoms with E-state index < -0.39 is 17.6 Å². The highest BCUT2D eigenvalue weighted by Crippen LogP contribution is 2.30. The number of nitrogens with zero attached hydrogens (tertiary/aromatic N) is 2. The van der Waals surface area contributed by atoms with E-state index in [2.05, 4.69) is 14.7 Å². The molecule has 0 unspecified atom stereocenters. The maximum absolute atomic E-state index is 12.2. The first-order valence-electron chi connectivity index (χ1n) is 4.53. The Labute approximate surface area is 84.6 Å². The van der Waals surface area contributed by atoms with Gasteiger partial charge in [0.05, 0.1) is 5.54 Å². The van der Waals surface area contributed by atoms with E-state index >= 15 is 0 Å². The molecule has 0 spiro atoms. The van der Waals surface area contributed by atoms with Crippen molar-refractivity contribution >= 4 is 0 Å². The summed E-state index contributed by atoms with van der Waals surface area (Å²) in [5.41, 5.74) is 4.87. The predicted octanol–water partition coefficient (Wildman–Crippen LogP) is 2.06. The molecule has 0 saturated carbocycles. The van der Waals surface area contributed by atoms with Crippen molar-refractivity contribution in [1.29, 1.82) is 0 Å². The number of nitrogens with two attached hydrogens (primary N) is 1. The van der Waals surface area contributed by atoms with Gasteiger partial charge in [-0.05, 0) is 12.8 Å². The number of alkyl halides is 3. The lowest BCUT2D eigenvalue weighted by Crippen LogP contribution is -2.36. The van der Waals surface area contributed by atoms with E-state index in [0.29, 0.717) is 12.8 Å². The molecule has 0 aliphatic carbocycles. The first-order valence-corrected chi connectivity index (χ1v) is 4.53. The van der Waals surface area contributed by atoms with Crippen LogP contribution in [0.15, 0.2) is 4.52 Å². The minimum Gasteiger partial charge on any atom is -0.329 e. The molecule has 15 heavy (non-hydrogen) atoms. The van der Waals surface area contributed by atoms with Gasteiger partial charge >= 0.3 is 12.1 Å². The van der Waals surface area contributed by atoms with Crippen molar-refractivity contribution < 1.29 is 17.7 Å². The predicted molar refractivity (Wildman–Crippen MR) is 45.7 cm³/mol. The van der Waals surface area contributed by atoms with Crippen LogP contribution in [0.5, 0.6) is 0 Å². The Balaban J connectivity index is 3.03. The van der Waals surface area contributed by atoms with Crippen LogP contribution in [0.3, 0.4) is 0 Å². The van der Waals surface area contributed by atoms with Crippen molar-refractivity contribution in [3.8, 4) is 0 Å². The summed E-state index contributed by atoms with van der Waals surface area (Å²) in [4.78, 5) is 3.27. The first kappa shape index (κ1) is 12.0. The minimum absolute atomic E-state index is 0.0974. The standard InChI is InChI=1S/C8H12F3N3O/c1-3-7(12,4-2)5-13-6(15-14-5)8(9,10)11/h3-4,12H2,1-2H3. The molecule has 0 bridgehead atoms. The zero-order valence-electron chi connectivity index (χ0n) is 8.43. The lowest BCUT2D eigenvalue weighted by molar-refractivity contribution is -0.159. The molecule has 0 aliphatic heterocycles. The zero-order valence-corrected chi connectivity index (χ0v) is 8.43. The SMILES string of the molecule is CCC(N)(CC)c1noc(C(F)(F)F)n1. The van der Waals surface area contributed by atoms with E-state index in [0.717, 1.165) is 0 Å². The molecule has 0 aliphatic rings. The lowest BCUT2D eigenvalue weighted by atomic mass is 9.94. The summed E-state index contributed by atoms with van der Waals surface area (Å²) in [6.07, 6.45) is -3.73. The molecule has 86 valence electrons. The fourth-order valence-electron chi connectivity index (χ4n) is 1.11. The molecule has 1 aromatic heterocycles.